The Labute approximate surface area is 188 Å². The molecule has 0 bridgehead atoms. The zero-order valence-electron chi connectivity index (χ0n) is 17.5. The summed E-state index contributed by atoms with van der Waals surface area (Å²) in [6, 6.07) is 14.8. The van der Waals surface area contributed by atoms with Crippen LogP contribution in [0.2, 0.25) is 0 Å². The predicted octanol–water partition coefficient (Wildman–Crippen LogP) is 2.24. The lowest BCUT2D eigenvalue weighted by atomic mass is 9.89. The quantitative estimate of drug-likeness (QED) is 0.615. The van der Waals surface area contributed by atoms with Gasteiger partial charge in [-0.15, -0.1) is 0 Å². The van der Waals surface area contributed by atoms with Gasteiger partial charge in [0.2, 0.25) is 24.1 Å². The van der Waals surface area contributed by atoms with Crippen LogP contribution >= 0.6 is 0 Å². The van der Waals surface area contributed by atoms with E-state index in [1.807, 2.05) is 55.5 Å². The van der Waals surface area contributed by atoms with Crippen molar-refractivity contribution in [2.24, 2.45) is 16.2 Å². The molecule has 9 heteroatoms. The van der Waals surface area contributed by atoms with Gasteiger partial charge in [-0.1, -0.05) is 78.4 Å². The number of hydrogen-bond donors (Lipinski definition) is 3. The number of sulfonamides is 2. The molecule has 0 saturated heterocycles. The first kappa shape index (κ1) is 22.6. The first-order valence-corrected chi connectivity index (χ1v) is 13.1. The van der Waals surface area contributed by atoms with Crippen molar-refractivity contribution in [2.45, 2.75) is 23.6 Å². The molecular weight excluding hydrogens is 446 g/mol. The molecule has 32 heavy (non-hydrogen) atoms. The van der Waals surface area contributed by atoms with Crippen molar-refractivity contribution in [1.29, 1.82) is 0 Å². The van der Waals surface area contributed by atoms with E-state index < -0.39 is 30.0 Å². The second-order valence-corrected chi connectivity index (χ2v) is 11.9. The molecular formula is C23H25N3O4S2. The minimum atomic E-state index is -4.66. The maximum absolute atomic E-state index is 12.8. The topological polar surface area (TPSA) is 132 Å². The number of nitrogens with two attached hydrogens (primary N) is 2. The molecule has 2 aromatic rings. The fraction of sp³-hybridized carbons (Fsp3) is 0.217. The van der Waals surface area contributed by atoms with Gasteiger partial charge in [0, 0.05) is 12.5 Å². The van der Waals surface area contributed by atoms with E-state index in [0.29, 0.717) is 12.1 Å². The number of allylic oxidation sites excluding steroid dienone is 2. The fourth-order valence-electron chi connectivity index (χ4n) is 4.30. The standard InChI is InChI=1S/C23H25N3O4S2/c1-16-6-8-17(9-7-16)10-12-20-13-11-18(14-23(20,31(24,27)28)32(25,29)30)22-21-5-3-2-4-19(21)15-26-22/h2-14,20,22,26H,15H2,1H3,(H2,24,27,28)(H2,25,29,30). The Morgan fingerprint density at radius 2 is 1.66 bits per heavy atom. The van der Waals surface area contributed by atoms with Crippen LogP contribution in [0.1, 0.15) is 28.3 Å². The van der Waals surface area contributed by atoms with Crippen molar-refractivity contribution in [3.63, 3.8) is 0 Å². The van der Waals surface area contributed by atoms with E-state index in [9.17, 15) is 16.8 Å². The molecule has 1 aliphatic heterocycles. The molecule has 2 atom stereocenters. The van der Waals surface area contributed by atoms with Crippen LogP contribution in [0.5, 0.6) is 0 Å². The Balaban J connectivity index is 1.83. The Morgan fingerprint density at radius 3 is 2.31 bits per heavy atom. The molecule has 0 spiro atoms. The van der Waals surface area contributed by atoms with Crippen molar-refractivity contribution in [3.05, 3.63) is 101 Å². The van der Waals surface area contributed by atoms with Gasteiger partial charge in [0.15, 0.2) is 0 Å². The van der Waals surface area contributed by atoms with Crippen LogP contribution in [0.25, 0.3) is 6.08 Å². The highest BCUT2D eigenvalue weighted by Crippen LogP contribution is 2.42. The van der Waals surface area contributed by atoms with Crippen LogP contribution in [-0.4, -0.2) is 20.9 Å². The van der Waals surface area contributed by atoms with Crippen LogP contribution in [-0.2, 0) is 26.6 Å². The first-order chi connectivity index (χ1) is 15.0. The Kier molecular flexibility index (Phi) is 5.72. The average Bonchev–Trinajstić information content (AvgIpc) is 3.16. The summed E-state index contributed by atoms with van der Waals surface area (Å²) in [6.07, 6.45) is 7.65. The van der Waals surface area contributed by atoms with E-state index in [0.717, 1.165) is 22.3 Å². The highest BCUT2D eigenvalue weighted by Gasteiger charge is 2.56. The number of rotatable bonds is 5. The number of nitrogens with one attached hydrogen (secondary N) is 1. The number of fused-ring (bicyclic) bond motifs is 1. The number of hydrogen-bond acceptors (Lipinski definition) is 5. The van der Waals surface area contributed by atoms with Crippen molar-refractivity contribution in [3.8, 4) is 0 Å². The molecule has 2 aliphatic rings. The SMILES string of the molecule is Cc1ccc(C=CC2C=CC(C3NCc4ccccc43)=CC2(S(N)(=O)=O)S(N)(=O)=O)cc1. The van der Waals surface area contributed by atoms with Gasteiger partial charge in [-0.2, -0.15) is 0 Å². The van der Waals surface area contributed by atoms with E-state index >= 15 is 0 Å². The van der Waals surface area contributed by atoms with Gasteiger partial charge in [-0.3, -0.25) is 0 Å². The summed E-state index contributed by atoms with van der Waals surface area (Å²) >= 11 is 0. The summed E-state index contributed by atoms with van der Waals surface area (Å²) in [5.74, 6) is -1.10. The predicted molar refractivity (Wildman–Crippen MR) is 126 cm³/mol. The molecule has 0 amide bonds. The van der Waals surface area contributed by atoms with Crippen LogP contribution < -0.4 is 15.6 Å². The highest BCUT2D eigenvalue weighted by molar-refractivity contribution is 8.08. The van der Waals surface area contributed by atoms with Crippen molar-refractivity contribution >= 4 is 26.1 Å². The lowest BCUT2D eigenvalue weighted by Crippen LogP contribution is -2.56. The second-order valence-electron chi connectivity index (χ2n) is 8.12. The third kappa shape index (κ3) is 3.87. The van der Waals surface area contributed by atoms with Crippen LogP contribution in [0, 0.1) is 12.8 Å². The van der Waals surface area contributed by atoms with Crippen molar-refractivity contribution in [1.82, 2.24) is 5.32 Å². The van der Waals surface area contributed by atoms with Gasteiger partial charge in [0.25, 0.3) is 0 Å². The average molecular weight is 472 g/mol. The summed E-state index contributed by atoms with van der Waals surface area (Å²) in [5.41, 5.74) is 4.36. The molecule has 2 unspecified atom stereocenters. The Morgan fingerprint density at radius 1 is 1.00 bits per heavy atom. The summed E-state index contributed by atoms with van der Waals surface area (Å²) in [7, 11) is -9.33. The zero-order chi connectivity index (χ0) is 23.1. The Hall–Kier alpha value is -2.56. The maximum atomic E-state index is 12.8. The zero-order valence-corrected chi connectivity index (χ0v) is 19.1. The minimum absolute atomic E-state index is 0.368. The smallest absolute Gasteiger partial charge is 0.235 e. The molecule has 168 valence electrons. The van der Waals surface area contributed by atoms with E-state index in [4.69, 9.17) is 10.3 Å². The summed E-state index contributed by atoms with van der Waals surface area (Å²) in [4.78, 5) is 0. The van der Waals surface area contributed by atoms with Crippen molar-refractivity contribution < 1.29 is 16.8 Å². The summed E-state index contributed by atoms with van der Waals surface area (Å²) < 4.78 is 48.7. The molecule has 0 saturated carbocycles. The molecule has 0 aromatic heterocycles. The van der Waals surface area contributed by atoms with Gasteiger partial charge < -0.3 is 5.32 Å². The van der Waals surface area contributed by atoms with E-state index in [1.165, 1.54) is 18.2 Å². The third-order valence-electron chi connectivity index (χ3n) is 5.99. The Bertz CT molecular complexity index is 1310. The number of aryl methyl sites for hydroxylation is 1. The minimum Gasteiger partial charge on any atom is -0.302 e. The van der Waals surface area contributed by atoms with E-state index in [2.05, 4.69) is 5.32 Å². The normalized spacial score (nSPS) is 22.7. The molecule has 5 N–H and O–H groups in total. The second kappa shape index (κ2) is 8.09. The molecule has 1 heterocycles. The van der Waals surface area contributed by atoms with Crippen LogP contribution in [0.3, 0.4) is 0 Å². The van der Waals surface area contributed by atoms with Gasteiger partial charge in [0.05, 0.1) is 6.04 Å². The highest BCUT2D eigenvalue weighted by atomic mass is 32.3. The van der Waals surface area contributed by atoms with Gasteiger partial charge in [-0.25, -0.2) is 27.1 Å². The lowest BCUT2D eigenvalue weighted by molar-refractivity contribution is 0.538. The lowest BCUT2D eigenvalue weighted by Gasteiger charge is -2.35. The molecule has 2 aromatic carbocycles. The fourth-order valence-corrected chi connectivity index (χ4v) is 7.27. The van der Waals surface area contributed by atoms with Gasteiger partial charge >= 0.3 is 0 Å². The monoisotopic (exact) mass is 471 g/mol. The maximum Gasteiger partial charge on any atom is 0.235 e. The molecule has 0 radical (unpaired) electrons. The van der Waals surface area contributed by atoms with Crippen LogP contribution in [0.4, 0.5) is 0 Å². The molecule has 0 fully saturated rings. The molecule has 7 nitrogen and oxygen atoms in total. The van der Waals surface area contributed by atoms with Gasteiger partial charge in [0.1, 0.15) is 0 Å². The molecule has 1 aliphatic carbocycles. The molecule has 4 rings (SSSR count). The number of benzene rings is 2. The van der Waals surface area contributed by atoms with Crippen LogP contribution in [0.15, 0.2) is 78.4 Å². The summed E-state index contributed by atoms with van der Waals surface area (Å²) in [6.45, 7) is 2.53. The van der Waals surface area contributed by atoms with Gasteiger partial charge in [-0.05, 0) is 35.3 Å². The first-order valence-electron chi connectivity index (χ1n) is 10.0. The third-order valence-corrected chi connectivity index (χ3v) is 9.94. The number of primary sulfonamides is 2. The van der Waals surface area contributed by atoms with Crippen molar-refractivity contribution in [2.75, 3.05) is 0 Å². The van der Waals surface area contributed by atoms with E-state index in [1.54, 1.807) is 12.2 Å². The largest absolute Gasteiger partial charge is 0.302 e. The van der Waals surface area contributed by atoms with E-state index in [-0.39, 0.29) is 6.04 Å². The summed E-state index contributed by atoms with van der Waals surface area (Å²) in [5, 5.41) is 14.4.